The highest BCUT2D eigenvalue weighted by molar-refractivity contribution is 5.86. The molecule has 0 saturated heterocycles. The number of aliphatic hydroxyl groups is 1. The van der Waals surface area contributed by atoms with Crippen molar-refractivity contribution < 1.29 is 19.8 Å². The van der Waals surface area contributed by atoms with E-state index in [9.17, 15) is 19.8 Å². The average Bonchev–Trinajstić information content (AvgIpc) is 2.79. The molecule has 5 aliphatic carbocycles. The molecular formula is C33H52O4. The molecule has 9 atom stereocenters. The maximum absolute atomic E-state index is 13.0. The summed E-state index contributed by atoms with van der Waals surface area (Å²) in [6.07, 6.45) is 10.5. The van der Waals surface area contributed by atoms with Crippen molar-refractivity contribution in [1.29, 1.82) is 0 Å². The molecule has 4 nitrogen and oxygen atoms in total. The van der Waals surface area contributed by atoms with Crippen LogP contribution in [0.3, 0.4) is 0 Å². The fourth-order valence-electron chi connectivity index (χ4n) is 11.6. The van der Waals surface area contributed by atoms with Crippen LogP contribution in [0, 0.1) is 56.2 Å². The van der Waals surface area contributed by atoms with Crippen molar-refractivity contribution in [2.24, 2.45) is 56.2 Å². The number of Topliss-reactive ketones (excluding diaryl/α,β-unsaturated/α-hetero) is 1. The Morgan fingerprint density at radius 3 is 2.08 bits per heavy atom. The van der Waals surface area contributed by atoms with E-state index in [1.54, 1.807) is 6.92 Å². The molecule has 5 rings (SSSR count). The first-order valence-corrected chi connectivity index (χ1v) is 15.0. The number of fused-ring (bicyclic) bond motifs is 7. The summed E-state index contributed by atoms with van der Waals surface area (Å²) in [5.74, 6) is 0.511. The molecule has 4 saturated carbocycles. The van der Waals surface area contributed by atoms with Crippen LogP contribution in [0.5, 0.6) is 0 Å². The third-order valence-corrected chi connectivity index (χ3v) is 14.7. The number of rotatable bonds is 2. The predicted molar refractivity (Wildman–Crippen MR) is 147 cm³/mol. The number of carbonyl (C=O) groups excluding carboxylic acids is 1. The lowest BCUT2D eigenvalue weighted by Crippen LogP contribution is -2.68. The van der Waals surface area contributed by atoms with Gasteiger partial charge in [-0.15, -0.1) is 0 Å². The lowest BCUT2D eigenvalue weighted by atomic mass is 9.32. The largest absolute Gasteiger partial charge is 0.481 e. The van der Waals surface area contributed by atoms with Gasteiger partial charge in [0.05, 0.1) is 5.41 Å². The summed E-state index contributed by atoms with van der Waals surface area (Å²) in [5.41, 5.74) is -0.655. The molecule has 0 spiro atoms. The van der Waals surface area contributed by atoms with Crippen molar-refractivity contribution in [3.8, 4) is 0 Å². The van der Waals surface area contributed by atoms with E-state index in [0.717, 1.165) is 51.4 Å². The number of ketones is 1. The van der Waals surface area contributed by atoms with Gasteiger partial charge in [0.1, 0.15) is 5.60 Å². The maximum atomic E-state index is 13.0. The van der Waals surface area contributed by atoms with Gasteiger partial charge in [0.15, 0.2) is 5.78 Å². The van der Waals surface area contributed by atoms with E-state index in [4.69, 9.17) is 0 Å². The summed E-state index contributed by atoms with van der Waals surface area (Å²) in [5, 5.41) is 22.3. The summed E-state index contributed by atoms with van der Waals surface area (Å²) in [6, 6.07) is 0. The lowest BCUT2D eigenvalue weighted by Gasteiger charge is -2.72. The zero-order chi connectivity index (χ0) is 27.6. The summed E-state index contributed by atoms with van der Waals surface area (Å²) in [4.78, 5) is 25.7. The molecule has 4 fully saturated rings. The highest BCUT2D eigenvalue weighted by Crippen LogP contribution is 2.76. The fraction of sp³-hybridized carbons (Fsp3) is 0.879. The van der Waals surface area contributed by atoms with Crippen molar-refractivity contribution in [3.63, 3.8) is 0 Å². The standard InChI is InChI=1S/C33H52O4/c1-20-25-22-10-11-24-29(7)15-19-33(37,21(2)34)28(5,6)23(29)12-13-31(24,9)30(22,8)16-18-32(25,26(35)36)17-14-27(20,3)4/h10,20,23-25,37H,11-19H2,1-9H3,(H,35,36). The minimum Gasteiger partial charge on any atom is -0.481 e. The van der Waals surface area contributed by atoms with E-state index < -0.39 is 22.4 Å². The minimum absolute atomic E-state index is 0.0202. The first kappa shape index (κ1) is 27.4. The van der Waals surface area contributed by atoms with Crippen LogP contribution in [0.1, 0.15) is 120 Å². The van der Waals surface area contributed by atoms with Crippen molar-refractivity contribution in [1.82, 2.24) is 0 Å². The molecule has 9 unspecified atom stereocenters. The van der Waals surface area contributed by atoms with Gasteiger partial charge in [0, 0.05) is 5.41 Å². The molecule has 0 aromatic carbocycles. The molecule has 5 aliphatic rings. The van der Waals surface area contributed by atoms with Crippen LogP contribution in [-0.2, 0) is 9.59 Å². The Morgan fingerprint density at radius 1 is 0.865 bits per heavy atom. The number of carbonyl (C=O) groups is 2. The SMILES string of the molecule is CC(=O)C1(O)CCC2(C)C(CCC3(C)C2CC=C2C4C(C)C(C)(C)CCC4(C(=O)O)CCC23C)C1(C)C. The second-order valence-corrected chi connectivity index (χ2v) is 16.1. The van der Waals surface area contributed by atoms with Crippen molar-refractivity contribution >= 4 is 11.8 Å². The maximum Gasteiger partial charge on any atom is 0.310 e. The highest BCUT2D eigenvalue weighted by Gasteiger charge is 2.71. The first-order chi connectivity index (χ1) is 16.9. The monoisotopic (exact) mass is 512 g/mol. The molecule has 0 aliphatic heterocycles. The fourth-order valence-corrected chi connectivity index (χ4v) is 11.6. The van der Waals surface area contributed by atoms with Gasteiger partial charge < -0.3 is 10.2 Å². The van der Waals surface area contributed by atoms with Gasteiger partial charge in [-0.3, -0.25) is 9.59 Å². The number of carboxylic acid groups (broad SMARTS) is 1. The van der Waals surface area contributed by atoms with Crippen LogP contribution in [0.4, 0.5) is 0 Å². The Balaban J connectivity index is 1.61. The zero-order valence-corrected chi connectivity index (χ0v) is 25.0. The Hall–Kier alpha value is -1.16. The minimum atomic E-state index is -1.25. The molecule has 37 heavy (non-hydrogen) atoms. The van der Waals surface area contributed by atoms with Gasteiger partial charge in [-0.1, -0.05) is 67.0 Å². The number of allylic oxidation sites excluding steroid dienone is 2. The lowest BCUT2D eigenvalue weighted by molar-refractivity contribution is -0.231. The summed E-state index contributed by atoms with van der Waals surface area (Å²) < 4.78 is 0. The van der Waals surface area contributed by atoms with Gasteiger partial charge in [-0.05, 0) is 110 Å². The Bertz CT molecular complexity index is 1050. The Labute approximate surface area is 225 Å². The molecular weight excluding hydrogens is 460 g/mol. The molecule has 0 radical (unpaired) electrons. The quantitative estimate of drug-likeness (QED) is 0.377. The first-order valence-electron chi connectivity index (χ1n) is 15.0. The third-order valence-electron chi connectivity index (χ3n) is 14.7. The molecule has 2 N–H and O–H groups in total. The number of hydrogen-bond donors (Lipinski definition) is 2. The zero-order valence-electron chi connectivity index (χ0n) is 25.0. The van der Waals surface area contributed by atoms with E-state index in [-0.39, 0.29) is 39.3 Å². The molecule has 0 aromatic rings. The van der Waals surface area contributed by atoms with Crippen molar-refractivity contribution in [3.05, 3.63) is 11.6 Å². The predicted octanol–water partition coefficient (Wildman–Crippen LogP) is 7.44. The second-order valence-electron chi connectivity index (χ2n) is 16.1. The van der Waals surface area contributed by atoms with Gasteiger partial charge in [0.2, 0.25) is 0 Å². The molecule has 0 heterocycles. The van der Waals surface area contributed by atoms with E-state index in [1.165, 1.54) is 5.57 Å². The number of aliphatic carboxylic acids is 1. The van der Waals surface area contributed by atoms with Gasteiger partial charge >= 0.3 is 5.97 Å². The smallest absolute Gasteiger partial charge is 0.310 e. The molecule has 0 aromatic heterocycles. The van der Waals surface area contributed by atoms with Crippen LogP contribution >= 0.6 is 0 Å². The topological polar surface area (TPSA) is 74.6 Å². The van der Waals surface area contributed by atoms with Crippen molar-refractivity contribution in [2.75, 3.05) is 0 Å². The highest BCUT2D eigenvalue weighted by atomic mass is 16.4. The molecule has 208 valence electrons. The normalized spacial score (nSPS) is 52.0. The Morgan fingerprint density at radius 2 is 1.49 bits per heavy atom. The van der Waals surface area contributed by atoms with E-state index >= 15 is 0 Å². The van der Waals surface area contributed by atoms with Crippen molar-refractivity contribution in [2.45, 2.75) is 126 Å². The van der Waals surface area contributed by atoms with Crippen LogP contribution in [-0.4, -0.2) is 27.6 Å². The summed E-state index contributed by atoms with van der Waals surface area (Å²) in [7, 11) is 0. The van der Waals surface area contributed by atoms with Crippen LogP contribution in [0.2, 0.25) is 0 Å². The van der Waals surface area contributed by atoms with Gasteiger partial charge in [0.25, 0.3) is 0 Å². The van der Waals surface area contributed by atoms with Gasteiger partial charge in [-0.25, -0.2) is 0 Å². The number of carboxylic acids is 1. The summed E-state index contributed by atoms with van der Waals surface area (Å²) in [6.45, 7) is 20.3. The van der Waals surface area contributed by atoms with Crippen LogP contribution in [0.15, 0.2) is 11.6 Å². The Kier molecular flexibility index (Phi) is 5.73. The summed E-state index contributed by atoms with van der Waals surface area (Å²) >= 11 is 0. The molecule has 0 amide bonds. The second kappa shape index (κ2) is 7.73. The van der Waals surface area contributed by atoms with E-state index in [1.807, 2.05) is 0 Å². The third kappa shape index (κ3) is 3.06. The van der Waals surface area contributed by atoms with E-state index in [2.05, 4.69) is 61.5 Å². The van der Waals surface area contributed by atoms with Crippen LogP contribution in [0.25, 0.3) is 0 Å². The molecule has 0 bridgehead atoms. The number of hydrogen-bond acceptors (Lipinski definition) is 3. The average molecular weight is 513 g/mol. The molecule has 4 heteroatoms. The van der Waals surface area contributed by atoms with E-state index in [0.29, 0.717) is 18.3 Å². The van der Waals surface area contributed by atoms with Crippen LogP contribution < -0.4 is 0 Å². The van der Waals surface area contributed by atoms with Gasteiger partial charge in [-0.2, -0.15) is 0 Å².